The van der Waals surface area contributed by atoms with Gasteiger partial charge in [-0.15, -0.1) is 4.94 Å². The fourth-order valence-corrected chi connectivity index (χ4v) is 0.900. The molecule has 1 N–H and O–H groups in total. The van der Waals surface area contributed by atoms with Gasteiger partial charge in [-0.05, 0) is 11.5 Å². The van der Waals surface area contributed by atoms with Gasteiger partial charge in [0.2, 0.25) is 5.03 Å². The Morgan fingerprint density at radius 3 is 2.71 bits per heavy atom. The first-order valence-electron chi connectivity index (χ1n) is 3.64. The van der Waals surface area contributed by atoms with Crippen LogP contribution in [0.2, 0.25) is 0 Å². The van der Waals surface area contributed by atoms with E-state index in [1.54, 1.807) is 6.92 Å². The predicted octanol–water partition coefficient (Wildman–Crippen LogP) is -1.05. The first-order valence-corrected chi connectivity index (χ1v) is 3.64. The molecule has 1 heterocycles. The monoisotopic (exact) mass is 205 g/mol. The third-order valence-electron chi connectivity index (χ3n) is 1.43. The lowest BCUT2D eigenvalue weighted by Crippen LogP contribution is -2.50. The van der Waals surface area contributed by atoms with E-state index in [1.807, 2.05) is 0 Å². The highest BCUT2D eigenvalue weighted by atomic mass is 16.9. The van der Waals surface area contributed by atoms with Gasteiger partial charge in [0, 0.05) is 0 Å². The van der Waals surface area contributed by atoms with Crippen molar-refractivity contribution < 1.29 is 14.9 Å². The van der Waals surface area contributed by atoms with Crippen LogP contribution in [0.4, 0.5) is 0 Å². The van der Waals surface area contributed by atoms with Crippen molar-refractivity contribution in [3.8, 4) is 0 Å². The first-order chi connectivity index (χ1) is 6.57. The molecule has 0 fully saturated rings. The number of hydrogen-bond donors (Lipinski definition) is 1. The molecule has 10 heteroatoms. The van der Waals surface area contributed by atoms with E-state index in [4.69, 9.17) is 0 Å². The molecule has 0 spiro atoms. The van der Waals surface area contributed by atoms with Crippen LogP contribution in [0.15, 0.2) is 5.16 Å². The lowest BCUT2D eigenvalue weighted by atomic mass is 10.4. The van der Waals surface area contributed by atoms with Crippen LogP contribution >= 0.6 is 0 Å². The van der Waals surface area contributed by atoms with E-state index in [-0.39, 0.29) is 5.17 Å². The molecule has 0 aromatic heterocycles. The maximum absolute atomic E-state index is 10.4. The zero-order valence-corrected chi connectivity index (χ0v) is 7.11. The van der Waals surface area contributed by atoms with Crippen molar-refractivity contribution in [3.05, 3.63) is 20.2 Å². The topological polar surface area (TPSA) is 123 Å². The number of amidine groups is 1. The molecule has 0 saturated carbocycles. The van der Waals surface area contributed by atoms with Gasteiger partial charge >= 0.3 is 5.84 Å². The largest absolute Gasteiger partial charge is 0.436 e. The molecule has 0 saturated heterocycles. The third-order valence-corrected chi connectivity index (χ3v) is 1.43. The molecule has 1 atom stereocenters. The number of rotatable bonds is 3. The minimum atomic E-state index is -1.26. The number of hydrazine groups is 1. The number of nitrogens with zero attached hydrogens (tertiary/aromatic N) is 4. The van der Waals surface area contributed by atoms with E-state index in [0.717, 1.165) is 0 Å². The summed E-state index contributed by atoms with van der Waals surface area (Å²) in [6.07, 6.45) is -1.26. The number of nitrogens with one attached hydrogen (secondary N) is 1. The normalized spacial score (nSPS) is 20.2. The van der Waals surface area contributed by atoms with Crippen molar-refractivity contribution >= 4 is 5.84 Å². The molecule has 0 aliphatic carbocycles. The zero-order valence-electron chi connectivity index (χ0n) is 7.11. The smallest absolute Gasteiger partial charge is 0.358 e. The van der Waals surface area contributed by atoms with E-state index >= 15 is 0 Å². The third kappa shape index (κ3) is 1.69. The number of hydroxylamine groups is 1. The Hall–Kier alpha value is -1.97. The van der Waals surface area contributed by atoms with Crippen LogP contribution in [0.5, 0.6) is 0 Å². The molecular formula is C4H7N5O5. The Labute approximate surface area is 77.3 Å². The molecule has 1 aliphatic rings. The van der Waals surface area contributed by atoms with Gasteiger partial charge < -0.3 is 10.1 Å². The fourth-order valence-electron chi connectivity index (χ4n) is 0.900. The maximum Gasteiger partial charge on any atom is 0.436 e. The average Bonchev–Trinajstić information content (AvgIpc) is 2.48. The lowest BCUT2D eigenvalue weighted by Gasteiger charge is -2.09. The zero-order chi connectivity index (χ0) is 10.7. The summed E-state index contributed by atoms with van der Waals surface area (Å²) in [6, 6.07) is 0. The van der Waals surface area contributed by atoms with Crippen molar-refractivity contribution in [2.75, 3.05) is 6.54 Å². The standard InChI is InChI=1S/C4H7N5O5/c1-2-5-3-4(8(10)11)6-14-7(3)9(12)13/h3,5H,2H2,1H3. The second-order valence-electron chi connectivity index (χ2n) is 2.29. The molecule has 1 rings (SSSR count). The van der Waals surface area contributed by atoms with Crippen LogP contribution in [-0.4, -0.2) is 33.7 Å². The van der Waals surface area contributed by atoms with E-state index in [1.165, 1.54) is 0 Å². The van der Waals surface area contributed by atoms with E-state index in [0.29, 0.717) is 6.54 Å². The Balaban J connectivity index is 2.80. The minimum Gasteiger partial charge on any atom is -0.358 e. The molecule has 0 bridgehead atoms. The summed E-state index contributed by atoms with van der Waals surface area (Å²) in [6.45, 7) is 1.96. The molecule has 0 radical (unpaired) electrons. The molecule has 14 heavy (non-hydrogen) atoms. The van der Waals surface area contributed by atoms with E-state index in [2.05, 4.69) is 15.4 Å². The van der Waals surface area contributed by atoms with Crippen LogP contribution in [0.25, 0.3) is 0 Å². The Morgan fingerprint density at radius 1 is 1.64 bits per heavy atom. The minimum absolute atomic E-state index is 0.182. The molecular weight excluding hydrogens is 198 g/mol. The fraction of sp³-hybridized carbons (Fsp3) is 0.750. The second-order valence-corrected chi connectivity index (χ2v) is 2.29. The van der Waals surface area contributed by atoms with Crippen molar-refractivity contribution in [1.29, 1.82) is 0 Å². The van der Waals surface area contributed by atoms with Gasteiger partial charge in [-0.25, -0.2) is 10.1 Å². The highest BCUT2D eigenvalue weighted by Crippen LogP contribution is 2.10. The second kappa shape index (κ2) is 3.83. The van der Waals surface area contributed by atoms with Gasteiger partial charge in [-0.1, -0.05) is 6.92 Å². The summed E-state index contributed by atoms with van der Waals surface area (Å²) in [5, 5.41) is 25.4. The molecule has 78 valence electrons. The van der Waals surface area contributed by atoms with Crippen molar-refractivity contribution in [2.24, 2.45) is 5.16 Å². The van der Waals surface area contributed by atoms with Crippen molar-refractivity contribution in [2.45, 2.75) is 13.1 Å². The molecule has 1 unspecified atom stereocenters. The summed E-state index contributed by atoms with van der Waals surface area (Å²) in [5.41, 5.74) is 0. The van der Waals surface area contributed by atoms with Crippen LogP contribution in [0, 0.1) is 20.2 Å². The van der Waals surface area contributed by atoms with Crippen LogP contribution < -0.4 is 5.32 Å². The summed E-state index contributed by atoms with van der Waals surface area (Å²) in [5.74, 6) is -0.636. The van der Waals surface area contributed by atoms with E-state index < -0.39 is 22.0 Å². The van der Waals surface area contributed by atoms with E-state index in [9.17, 15) is 20.2 Å². The Kier molecular flexibility index (Phi) is 2.76. The number of hydrogen-bond acceptors (Lipinski definition) is 7. The molecule has 0 aromatic carbocycles. The lowest BCUT2D eigenvalue weighted by molar-refractivity contribution is -0.737. The first kappa shape index (κ1) is 10.1. The van der Waals surface area contributed by atoms with Gasteiger partial charge in [0.1, 0.15) is 5.17 Å². The Morgan fingerprint density at radius 2 is 2.29 bits per heavy atom. The van der Waals surface area contributed by atoms with Gasteiger partial charge in [0.15, 0.2) is 5.16 Å². The quantitative estimate of drug-likeness (QED) is 0.460. The maximum atomic E-state index is 10.4. The number of nitro groups is 2. The van der Waals surface area contributed by atoms with Crippen molar-refractivity contribution in [1.82, 2.24) is 10.5 Å². The molecule has 10 nitrogen and oxygen atoms in total. The van der Waals surface area contributed by atoms with Gasteiger partial charge in [-0.3, -0.25) is 5.32 Å². The highest BCUT2D eigenvalue weighted by molar-refractivity contribution is 5.79. The summed E-state index contributed by atoms with van der Waals surface area (Å²) < 4.78 is 0. The average molecular weight is 205 g/mol. The van der Waals surface area contributed by atoms with Crippen LogP contribution in [0.1, 0.15) is 6.92 Å². The van der Waals surface area contributed by atoms with Gasteiger partial charge in [0.05, 0.1) is 0 Å². The summed E-state index contributed by atoms with van der Waals surface area (Å²) in [4.78, 5) is 24.0. The molecule has 0 amide bonds. The molecule has 0 aromatic rings. The van der Waals surface area contributed by atoms with Crippen LogP contribution in [-0.2, 0) is 4.94 Å². The van der Waals surface area contributed by atoms with Crippen molar-refractivity contribution in [3.63, 3.8) is 0 Å². The summed E-state index contributed by atoms with van der Waals surface area (Å²) in [7, 11) is 0. The number of oxime groups is 1. The molecule has 1 aliphatic heterocycles. The highest BCUT2D eigenvalue weighted by Gasteiger charge is 2.49. The van der Waals surface area contributed by atoms with Crippen LogP contribution in [0.3, 0.4) is 0 Å². The van der Waals surface area contributed by atoms with Gasteiger partial charge in [0.25, 0.3) is 6.17 Å². The summed E-state index contributed by atoms with van der Waals surface area (Å²) >= 11 is 0. The predicted molar refractivity (Wildman–Crippen MR) is 41.8 cm³/mol. The van der Waals surface area contributed by atoms with Gasteiger partial charge in [-0.2, -0.15) is 0 Å². The Bertz CT molecular complexity index is 290. The number of likely N-dealkylation sites (N-methyl/N-ethyl adjacent to an activating group) is 1. The SMILES string of the molecule is CCNC1C([N+](=O)[O-])=NON1[N+](=O)[O-].